The third-order valence-corrected chi connectivity index (χ3v) is 3.18. The van der Waals surface area contributed by atoms with Crippen molar-refractivity contribution in [3.8, 4) is 0 Å². The van der Waals surface area contributed by atoms with E-state index in [0.717, 1.165) is 0 Å². The van der Waals surface area contributed by atoms with Crippen LogP contribution < -0.4 is 10.5 Å². The summed E-state index contributed by atoms with van der Waals surface area (Å²) in [7, 11) is -1.91. The molecule has 14 heavy (non-hydrogen) atoms. The highest BCUT2D eigenvalue weighted by Gasteiger charge is 2.20. The molecular weight excluding hydrogens is 204 g/mol. The van der Waals surface area contributed by atoms with Crippen molar-refractivity contribution in [3.63, 3.8) is 0 Å². The van der Waals surface area contributed by atoms with Gasteiger partial charge in [0.25, 0.3) is 0 Å². The monoisotopic (exact) mass is 218 g/mol. The van der Waals surface area contributed by atoms with Gasteiger partial charge in [0.1, 0.15) is 4.90 Å². The molecule has 0 saturated heterocycles. The lowest BCUT2D eigenvalue weighted by atomic mass is 10.4. The van der Waals surface area contributed by atoms with Crippen LogP contribution in [0.4, 0.5) is 5.82 Å². The third kappa shape index (κ3) is 2.24. The number of sulfonamides is 1. The Balaban J connectivity index is 3.10. The maximum atomic E-state index is 11.6. The maximum Gasteiger partial charge on any atom is 0.246 e. The molecule has 80 valence electrons. The van der Waals surface area contributed by atoms with Gasteiger partial charge in [-0.05, 0) is 13.8 Å². The summed E-state index contributed by atoms with van der Waals surface area (Å²) in [6, 6.07) is -0.167. The van der Waals surface area contributed by atoms with Crippen LogP contribution in [0.15, 0.2) is 11.1 Å². The third-order valence-electron chi connectivity index (χ3n) is 1.50. The second-order valence-electron chi connectivity index (χ2n) is 3.33. The molecule has 7 heteroatoms. The molecule has 0 atom stereocenters. The van der Waals surface area contributed by atoms with Crippen molar-refractivity contribution in [1.29, 1.82) is 0 Å². The van der Waals surface area contributed by atoms with E-state index in [0.29, 0.717) is 0 Å². The van der Waals surface area contributed by atoms with Crippen molar-refractivity contribution in [2.75, 3.05) is 5.73 Å². The van der Waals surface area contributed by atoms with Crippen LogP contribution in [0, 0.1) is 0 Å². The van der Waals surface area contributed by atoms with Crippen molar-refractivity contribution < 1.29 is 8.42 Å². The molecule has 0 saturated carbocycles. The Labute approximate surface area is 83.1 Å². The van der Waals surface area contributed by atoms with Crippen LogP contribution in [-0.4, -0.2) is 24.2 Å². The highest BCUT2D eigenvalue weighted by molar-refractivity contribution is 7.89. The number of nitrogens with two attached hydrogens (primary N) is 1. The van der Waals surface area contributed by atoms with E-state index in [2.05, 4.69) is 9.82 Å². The predicted octanol–water partition coefficient (Wildman–Crippen LogP) is -0.311. The summed E-state index contributed by atoms with van der Waals surface area (Å²) in [5, 5.41) is 3.76. The van der Waals surface area contributed by atoms with Gasteiger partial charge in [0.05, 0.1) is 0 Å². The number of nitrogens with one attached hydrogen (secondary N) is 1. The molecule has 0 radical (unpaired) electrons. The second kappa shape index (κ2) is 3.58. The zero-order chi connectivity index (χ0) is 10.9. The lowest BCUT2D eigenvalue weighted by Crippen LogP contribution is -2.30. The first-order valence-corrected chi connectivity index (χ1v) is 5.62. The Hall–Kier alpha value is -1.08. The van der Waals surface area contributed by atoms with E-state index in [9.17, 15) is 8.42 Å². The van der Waals surface area contributed by atoms with E-state index in [1.54, 1.807) is 20.9 Å². The molecule has 0 aromatic carbocycles. The first kappa shape index (κ1) is 11.0. The van der Waals surface area contributed by atoms with E-state index in [-0.39, 0.29) is 16.8 Å². The molecule has 0 aliphatic rings. The van der Waals surface area contributed by atoms with E-state index >= 15 is 0 Å². The summed E-state index contributed by atoms with van der Waals surface area (Å²) in [6.45, 7) is 3.48. The molecule has 0 aliphatic carbocycles. The second-order valence-corrected chi connectivity index (χ2v) is 5.01. The van der Waals surface area contributed by atoms with E-state index in [1.165, 1.54) is 10.9 Å². The van der Waals surface area contributed by atoms with Gasteiger partial charge in [-0.1, -0.05) is 0 Å². The molecule has 1 aromatic rings. The summed E-state index contributed by atoms with van der Waals surface area (Å²) < 4.78 is 27.1. The van der Waals surface area contributed by atoms with Crippen LogP contribution in [0.3, 0.4) is 0 Å². The van der Waals surface area contributed by atoms with Gasteiger partial charge in [0.15, 0.2) is 5.82 Å². The number of hydrogen-bond acceptors (Lipinski definition) is 4. The Morgan fingerprint density at radius 3 is 2.50 bits per heavy atom. The quantitative estimate of drug-likeness (QED) is 0.728. The van der Waals surface area contributed by atoms with Crippen molar-refractivity contribution in [1.82, 2.24) is 14.5 Å². The van der Waals surface area contributed by atoms with Crippen molar-refractivity contribution in [2.24, 2.45) is 7.05 Å². The van der Waals surface area contributed by atoms with Crippen LogP contribution >= 0.6 is 0 Å². The average molecular weight is 218 g/mol. The van der Waals surface area contributed by atoms with E-state index < -0.39 is 10.0 Å². The predicted molar refractivity (Wildman–Crippen MR) is 53.1 cm³/mol. The van der Waals surface area contributed by atoms with Gasteiger partial charge in [-0.3, -0.25) is 4.68 Å². The van der Waals surface area contributed by atoms with Crippen LogP contribution in [0.1, 0.15) is 13.8 Å². The summed E-state index contributed by atoms with van der Waals surface area (Å²) in [4.78, 5) is 0.0219. The van der Waals surface area contributed by atoms with Crippen molar-refractivity contribution in [2.45, 2.75) is 24.8 Å². The molecule has 6 nitrogen and oxygen atoms in total. The molecule has 0 bridgehead atoms. The zero-order valence-corrected chi connectivity index (χ0v) is 9.17. The van der Waals surface area contributed by atoms with Crippen LogP contribution in [0.5, 0.6) is 0 Å². The topological polar surface area (TPSA) is 90.0 Å². The van der Waals surface area contributed by atoms with Gasteiger partial charge in [-0.15, -0.1) is 0 Å². The molecule has 1 aromatic heterocycles. The smallest absolute Gasteiger partial charge is 0.246 e. The molecular formula is C7H14N4O2S. The number of nitrogens with zero attached hydrogens (tertiary/aromatic N) is 2. The van der Waals surface area contributed by atoms with Gasteiger partial charge in [-0.25, -0.2) is 13.1 Å². The number of anilines is 1. The molecule has 0 aliphatic heterocycles. The fourth-order valence-corrected chi connectivity index (χ4v) is 2.42. The first-order valence-electron chi connectivity index (χ1n) is 4.14. The van der Waals surface area contributed by atoms with Gasteiger partial charge >= 0.3 is 0 Å². The maximum absolute atomic E-state index is 11.6. The SMILES string of the molecule is CC(C)NS(=O)(=O)c1cn(C)nc1N. The molecule has 0 unspecified atom stereocenters. The Morgan fingerprint density at radius 1 is 1.57 bits per heavy atom. The van der Waals surface area contributed by atoms with Crippen LogP contribution in [-0.2, 0) is 17.1 Å². The molecule has 1 rings (SSSR count). The highest BCUT2D eigenvalue weighted by atomic mass is 32.2. The van der Waals surface area contributed by atoms with Gasteiger partial charge in [0.2, 0.25) is 10.0 Å². The fourth-order valence-electron chi connectivity index (χ4n) is 1.06. The lowest BCUT2D eigenvalue weighted by molar-refractivity contribution is 0.570. The number of hydrogen-bond donors (Lipinski definition) is 2. The standard InChI is InChI=1S/C7H14N4O2S/c1-5(2)10-14(12,13)6-4-11(3)9-7(6)8/h4-5,10H,1-3H3,(H2,8,9). The Morgan fingerprint density at radius 2 is 2.14 bits per heavy atom. The van der Waals surface area contributed by atoms with Gasteiger partial charge < -0.3 is 5.73 Å². The number of nitrogen functional groups attached to an aromatic ring is 1. The zero-order valence-electron chi connectivity index (χ0n) is 8.35. The molecule has 3 N–H and O–H groups in total. The highest BCUT2D eigenvalue weighted by Crippen LogP contribution is 2.15. The Kier molecular flexibility index (Phi) is 2.81. The van der Waals surface area contributed by atoms with E-state index in [4.69, 9.17) is 5.73 Å². The lowest BCUT2D eigenvalue weighted by Gasteiger charge is -2.07. The summed E-state index contributed by atoms with van der Waals surface area (Å²) in [5.74, 6) is 0.0145. The largest absolute Gasteiger partial charge is 0.381 e. The summed E-state index contributed by atoms with van der Waals surface area (Å²) in [6.07, 6.45) is 1.38. The minimum absolute atomic E-state index is 0.0145. The van der Waals surface area contributed by atoms with Crippen LogP contribution in [0.25, 0.3) is 0 Å². The summed E-state index contributed by atoms with van der Waals surface area (Å²) >= 11 is 0. The van der Waals surface area contributed by atoms with Crippen molar-refractivity contribution >= 4 is 15.8 Å². The van der Waals surface area contributed by atoms with Crippen LogP contribution in [0.2, 0.25) is 0 Å². The molecule has 1 heterocycles. The minimum atomic E-state index is -3.53. The number of aromatic nitrogens is 2. The molecule has 0 amide bonds. The average Bonchev–Trinajstić information content (AvgIpc) is 2.27. The minimum Gasteiger partial charge on any atom is -0.381 e. The first-order chi connectivity index (χ1) is 6.33. The van der Waals surface area contributed by atoms with Gasteiger partial charge in [-0.2, -0.15) is 5.10 Å². The normalized spacial score (nSPS) is 12.3. The molecule has 0 fully saturated rings. The molecule has 0 spiro atoms. The van der Waals surface area contributed by atoms with Crippen molar-refractivity contribution in [3.05, 3.63) is 6.20 Å². The fraction of sp³-hybridized carbons (Fsp3) is 0.571. The number of rotatable bonds is 3. The van der Waals surface area contributed by atoms with Gasteiger partial charge in [0, 0.05) is 19.3 Å². The number of aryl methyl sites for hydroxylation is 1. The summed E-state index contributed by atoms with van der Waals surface area (Å²) in [5.41, 5.74) is 5.45. The Bertz CT molecular complexity index is 421. The van der Waals surface area contributed by atoms with E-state index in [1.807, 2.05) is 0 Å².